The van der Waals surface area contributed by atoms with Crippen molar-refractivity contribution in [3.05, 3.63) is 35.5 Å². The molecule has 0 saturated carbocycles. The van der Waals surface area contributed by atoms with Crippen molar-refractivity contribution >= 4 is 5.82 Å². The van der Waals surface area contributed by atoms with Crippen LogP contribution in [0.25, 0.3) is 0 Å². The minimum atomic E-state index is 0.396. The molecule has 0 aliphatic carbocycles. The van der Waals surface area contributed by atoms with Crippen molar-refractivity contribution in [2.45, 2.75) is 32.7 Å². The van der Waals surface area contributed by atoms with Gasteiger partial charge in [0.05, 0.1) is 11.7 Å². The van der Waals surface area contributed by atoms with Crippen LogP contribution in [0.15, 0.2) is 18.3 Å². The van der Waals surface area contributed by atoms with Crippen molar-refractivity contribution in [1.29, 1.82) is 0 Å². The lowest BCUT2D eigenvalue weighted by atomic mass is 9.87. The number of piperidine rings is 1. The zero-order valence-electron chi connectivity index (χ0n) is 14.5. The molecule has 1 aliphatic rings. The monoisotopic (exact) mass is 314 g/mol. The van der Waals surface area contributed by atoms with Crippen LogP contribution in [-0.4, -0.2) is 44.8 Å². The molecule has 3 heterocycles. The van der Waals surface area contributed by atoms with Crippen LogP contribution in [0, 0.1) is 19.8 Å². The molecule has 0 spiro atoms. The summed E-state index contributed by atoms with van der Waals surface area (Å²) in [6, 6.07) is 4.55. The molecule has 0 bridgehead atoms. The van der Waals surface area contributed by atoms with Crippen LogP contribution in [0.3, 0.4) is 0 Å². The Kier molecular flexibility index (Phi) is 4.61. The molecule has 2 aromatic heterocycles. The molecule has 0 unspecified atom stereocenters. The second kappa shape index (κ2) is 6.66. The minimum Gasteiger partial charge on any atom is -0.370 e. The highest BCUT2D eigenvalue weighted by Gasteiger charge is 2.32. The van der Waals surface area contributed by atoms with E-state index in [0.29, 0.717) is 12.0 Å². The van der Waals surface area contributed by atoms with Crippen LogP contribution in [0.5, 0.6) is 0 Å². The molecule has 0 aromatic carbocycles. The average molecular weight is 314 g/mol. The van der Waals surface area contributed by atoms with E-state index in [2.05, 4.69) is 38.4 Å². The maximum atomic E-state index is 4.49. The fraction of sp³-hybridized carbons (Fsp3) is 0.588. The van der Waals surface area contributed by atoms with Gasteiger partial charge in [0, 0.05) is 31.5 Å². The third kappa shape index (κ3) is 3.52. The molecular formula is C17H26N6. The van der Waals surface area contributed by atoms with E-state index in [0.717, 1.165) is 30.4 Å². The molecule has 2 aromatic rings. The molecular weight excluding hydrogens is 288 g/mol. The van der Waals surface area contributed by atoms with Gasteiger partial charge in [-0.05, 0) is 52.3 Å². The summed E-state index contributed by atoms with van der Waals surface area (Å²) in [6.45, 7) is 5.99. The Morgan fingerprint density at radius 2 is 2.09 bits per heavy atom. The van der Waals surface area contributed by atoms with Gasteiger partial charge in [-0.2, -0.15) is 5.10 Å². The fourth-order valence-electron chi connectivity index (χ4n) is 3.66. The van der Waals surface area contributed by atoms with E-state index in [1.165, 1.54) is 18.5 Å². The van der Waals surface area contributed by atoms with Crippen LogP contribution < -0.4 is 5.32 Å². The van der Waals surface area contributed by atoms with Crippen molar-refractivity contribution in [3.63, 3.8) is 0 Å². The molecule has 6 heteroatoms. The second-order valence-corrected chi connectivity index (χ2v) is 6.53. The zero-order valence-corrected chi connectivity index (χ0v) is 14.5. The van der Waals surface area contributed by atoms with E-state index >= 15 is 0 Å². The first-order chi connectivity index (χ1) is 11.0. The van der Waals surface area contributed by atoms with E-state index < -0.39 is 0 Å². The molecule has 1 aliphatic heterocycles. The molecule has 0 amide bonds. The number of anilines is 1. The van der Waals surface area contributed by atoms with Crippen molar-refractivity contribution in [2.24, 2.45) is 13.0 Å². The molecule has 0 radical (unpaired) electrons. The average Bonchev–Trinajstić information content (AvgIpc) is 2.90. The Balaban J connectivity index is 1.75. The Bertz CT molecular complexity index is 645. The lowest BCUT2D eigenvalue weighted by Crippen LogP contribution is -2.40. The van der Waals surface area contributed by atoms with E-state index in [1.54, 1.807) is 0 Å². The maximum Gasteiger partial charge on any atom is 0.129 e. The van der Waals surface area contributed by atoms with Crippen LogP contribution in [0.1, 0.15) is 36.1 Å². The summed E-state index contributed by atoms with van der Waals surface area (Å²) in [5.74, 6) is 2.28. The van der Waals surface area contributed by atoms with Crippen LogP contribution in [0.2, 0.25) is 0 Å². The van der Waals surface area contributed by atoms with Gasteiger partial charge >= 0.3 is 0 Å². The van der Waals surface area contributed by atoms with Gasteiger partial charge in [-0.1, -0.05) is 0 Å². The number of likely N-dealkylation sites (tertiary alicyclic amines) is 1. The SMILES string of the molecule is Cc1cc(NC[C@@H]2CCCN(C)[C@H]2c2ccnn2C)nc(C)n1. The van der Waals surface area contributed by atoms with Crippen molar-refractivity contribution in [1.82, 2.24) is 24.6 Å². The van der Waals surface area contributed by atoms with Crippen LogP contribution in [0.4, 0.5) is 5.82 Å². The first kappa shape index (κ1) is 15.9. The zero-order chi connectivity index (χ0) is 16.4. The van der Waals surface area contributed by atoms with E-state index in [9.17, 15) is 0 Å². The largest absolute Gasteiger partial charge is 0.370 e. The standard InChI is InChI=1S/C17H26N6/c1-12-10-16(21-13(2)20-12)18-11-14-6-5-9-22(3)17(14)15-7-8-19-23(15)4/h7-8,10,14,17H,5-6,9,11H2,1-4H3,(H,18,20,21)/t14-,17+/m0/s1. The summed E-state index contributed by atoms with van der Waals surface area (Å²) in [5.41, 5.74) is 2.29. The molecule has 23 heavy (non-hydrogen) atoms. The lowest BCUT2D eigenvalue weighted by molar-refractivity contribution is 0.121. The molecule has 1 N–H and O–H groups in total. The predicted octanol–water partition coefficient (Wildman–Crippen LogP) is 2.32. The van der Waals surface area contributed by atoms with Gasteiger partial charge in [-0.15, -0.1) is 0 Å². The quantitative estimate of drug-likeness (QED) is 0.938. The third-order valence-corrected chi connectivity index (χ3v) is 4.68. The fourth-order valence-corrected chi connectivity index (χ4v) is 3.66. The van der Waals surface area contributed by atoms with Crippen molar-refractivity contribution in [3.8, 4) is 0 Å². The maximum absolute atomic E-state index is 4.49. The van der Waals surface area contributed by atoms with Crippen LogP contribution >= 0.6 is 0 Å². The first-order valence-corrected chi connectivity index (χ1v) is 8.29. The molecule has 124 valence electrons. The van der Waals surface area contributed by atoms with E-state index in [4.69, 9.17) is 0 Å². The van der Waals surface area contributed by atoms with Gasteiger partial charge < -0.3 is 5.32 Å². The molecule has 2 atom stereocenters. The number of nitrogens with one attached hydrogen (secondary N) is 1. The third-order valence-electron chi connectivity index (χ3n) is 4.68. The molecule has 6 nitrogen and oxygen atoms in total. The molecule has 3 rings (SSSR count). The van der Waals surface area contributed by atoms with Gasteiger partial charge in [0.15, 0.2) is 0 Å². The minimum absolute atomic E-state index is 0.396. The second-order valence-electron chi connectivity index (χ2n) is 6.53. The summed E-state index contributed by atoms with van der Waals surface area (Å²) in [5, 5.41) is 7.87. The Labute approximate surface area is 137 Å². The highest BCUT2D eigenvalue weighted by molar-refractivity contribution is 5.35. The summed E-state index contributed by atoms with van der Waals surface area (Å²) < 4.78 is 2.00. The van der Waals surface area contributed by atoms with Gasteiger partial charge in [-0.3, -0.25) is 9.58 Å². The van der Waals surface area contributed by atoms with E-state index in [1.807, 2.05) is 37.8 Å². The topological polar surface area (TPSA) is 58.9 Å². The lowest BCUT2D eigenvalue weighted by Gasteiger charge is -2.39. The van der Waals surface area contributed by atoms with Gasteiger partial charge in [0.25, 0.3) is 0 Å². The predicted molar refractivity (Wildman–Crippen MR) is 91.3 cm³/mol. The summed E-state index contributed by atoms with van der Waals surface area (Å²) in [6.07, 6.45) is 4.34. The summed E-state index contributed by atoms with van der Waals surface area (Å²) in [7, 11) is 4.24. The first-order valence-electron chi connectivity index (χ1n) is 8.29. The highest BCUT2D eigenvalue weighted by atomic mass is 15.3. The Hall–Kier alpha value is -1.95. The van der Waals surface area contributed by atoms with Gasteiger partial charge in [0.1, 0.15) is 11.6 Å². The van der Waals surface area contributed by atoms with Crippen LogP contribution in [-0.2, 0) is 7.05 Å². The smallest absolute Gasteiger partial charge is 0.129 e. The molecule has 1 fully saturated rings. The Morgan fingerprint density at radius 1 is 1.26 bits per heavy atom. The normalized spacial score (nSPS) is 22.3. The van der Waals surface area contributed by atoms with Gasteiger partial charge in [0.2, 0.25) is 0 Å². The number of rotatable bonds is 4. The number of nitrogens with zero attached hydrogens (tertiary/aromatic N) is 5. The number of aromatic nitrogens is 4. The van der Waals surface area contributed by atoms with Crippen molar-refractivity contribution < 1.29 is 0 Å². The number of hydrogen-bond donors (Lipinski definition) is 1. The van der Waals surface area contributed by atoms with Crippen molar-refractivity contribution in [2.75, 3.05) is 25.5 Å². The highest BCUT2D eigenvalue weighted by Crippen LogP contribution is 2.34. The van der Waals surface area contributed by atoms with E-state index in [-0.39, 0.29) is 0 Å². The summed E-state index contributed by atoms with van der Waals surface area (Å²) in [4.78, 5) is 11.3. The summed E-state index contributed by atoms with van der Waals surface area (Å²) >= 11 is 0. The van der Waals surface area contributed by atoms with Gasteiger partial charge in [-0.25, -0.2) is 9.97 Å². The number of hydrogen-bond acceptors (Lipinski definition) is 5. The molecule has 1 saturated heterocycles. The number of aryl methyl sites for hydroxylation is 3. The Morgan fingerprint density at radius 3 is 2.78 bits per heavy atom.